The maximum Gasteiger partial charge on any atom is 0.411 e. The molecule has 0 bridgehead atoms. The monoisotopic (exact) mass is 652 g/mol. The third-order valence-electron chi connectivity index (χ3n) is 6.36. The van der Waals surface area contributed by atoms with Crippen molar-refractivity contribution in [2.24, 2.45) is 0 Å². The van der Waals surface area contributed by atoms with Gasteiger partial charge in [-0.3, -0.25) is 0 Å². The molecule has 1 aliphatic rings. The Bertz CT molecular complexity index is 1780. The minimum Gasteiger partial charge on any atom is -0.436 e. The lowest BCUT2D eigenvalue weighted by Gasteiger charge is -2.38. The summed E-state index contributed by atoms with van der Waals surface area (Å²) in [5, 5.41) is 0. The average molecular weight is 652 g/mol. The van der Waals surface area contributed by atoms with E-state index in [0.717, 1.165) is 36.4 Å². The van der Waals surface area contributed by atoms with E-state index in [4.69, 9.17) is 8.83 Å². The fourth-order valence-electron chi connectivity index (χ4n) is 4.57. The molecule has 0 saturated carbocycles. The van der Waals surface area contributed by atoms with E-state index in [1.165, 1.54) is 0 Å². The number of aromatic nitrogens is 2. The molecule has 11 heteroatoms. The van der Waals surface area contributed by atoms with E-state index in [0.29, 0.717) is 11.1 Å². The van der Waals surface area contributed by atoms with Gasteiger partial charge >= 0.3 is 12.4 Å². The zero-order valence-corrected chi connectivity index (χ0v) is 21.7. The van der Waals surface area contributed by atoms with Gasteiger partial charge in [0.2, 0.25) is 17.2 Å². The lowest BCUT2D eigenvalue weighted by atomic mass is 9.72. The van der Waals surface area contributed by atoms with Crippen molar-refractivity contribution in [3.63, 3.8) is 0 Å². The average Bonchev–Trinajstić information content (AvgIpc) is 3.52. The molecular formula is C28H15F6IN2O2. The lowest BCUT2D eigenvalue weighted by Crippen LogP contribution is -2.54. The van der Waals surface area contributed by atoms with Crippen LogP contribution in [0.2, 0.25) is 0 Å². The van der Waals surface area contributed by atoms with Crippen LogP contribution in [0.1, 0.15) is 17.0 Å². The number of benzene rings is 3. The van der Waals surface area contributed by atoms with E-state index >= 15 is 0 Å². The smallest absolute Gasteiger partial charge is 0.411 e. The normalized spacial score (nSPS) is 14.6. The summed E-state index contributed by atoms with van der Waals surface area (Å²) in [6.45, 7) is 0. The summed E-state index contributed by atoms with van der Waals surface area (Å²) >= 11 is -0.383. The molecule has 0 spiro atoms. The Kier molecular flexibility index (Phi) is 6.01. The first-order valence-electron chi connectivity index (χ1n) is 11.4. The molecule has 0 atom stereocenters. The number of oxazole rings is 2. The van der Waals surface area contributed by atoms with E-state index in [1.54, 1.807) is 36.4 Å². The second-order valence-electron chi connectivity index (χ2n) is 8.69. The fourth-order valence-corrected chi connectivity index (χ4v) is 6.09. The predicted molar refractivity (Wildman–Crippen MR) is 144 cm³/mol. The van der Waals surface area contributed by atoms with E-state index < -0.39 is 28.9 Å². The first kappa shape index (κ1) is 25.5. The molecule has 0 unspecified atom stereocenters. The third-order valence-corrected chi connectivity index (χ3v) is 8.22. The van der Waals surface area contributed by atoms with Gasteiger partial charge in [0, 0.05) is 11.1 Å². The van der Waals surface area contributed by atoms with Crippen LogP contribution in [0.3, 0.4) is 0 Å². The number of rotatable bonds is 4. The summed E-state index contributed by atoms with van der Waals surface area (Å²) < 4.78 is 104. The Hall–Kier alpha value is -3.74. The molecule has 4 nitrogen and oxygen atoms in total. The first-order chi connectivity index (χ1) is 18.6. The Labute approximate surface area is 226 Å². The van der Waals surface area contributed by atoms with Crippen LogP contribution in [0.4, 0.5) is 26.3 Å². The number of nitrogens with zero attached hydrogens (tertiary/aromatic N) is 2. The standard InChI is InChI=1S/C28H15F6IN2O2/c29-27(30,31)26(28(32,33)34,18-8-10-22-20(13-18)36-24(38-22)16-5-2-1-3-6-16)19-9-11-23-21(14-19)37-25(39-23)17-7-4-12-35-15-17/h1-15H. The molecule has 3 heterocycles. The maximum absolute atomic E-state index is 14.8. The van der Waals surface area contributed by atoms with Gasteiger partial charge in [-0.25, -0.2) is 9.97 Å². The highest BCUT2D eigenvalue weighted by molar-refractivity contribution is 14.2. The van der Waals surface area contributed by atoms with E-state index in [-0.39, 0.29) is 54.7 Å². The summed E-state index contributed by atoms with van der Waals surface area (Å²) in [7, 11) is 0. The van der Waals surface area contributed by atoms with Gasteiger partial charge in [-0.2, -0.15) is 26.3 Å². The highest BCUT2D eigenvalue weighted by atomic mass is 127. The summed E-state index contributed by atoms with van der Waals surface area (Å²) in [5.74, 6) is 0.211. The predicted octanol–water partition coefficient (Wildman–Crippen LogP) is 8.73. The molecule has 0 radical (unpaired) electrons. The Morgan fingerprint density at radius 3 is 1.77 bits per heavy atom. The number of hydrogen-bond donors (Lipinski definition) is 0. The van der Waals surface area contributed by atoms with E-state index in [9.17, 15) is 26.3 Å². The fraction of sp³-hybridized carbons (Fsp3) is 0.107. The second-order valence-corrected chi connectivity index (χ2v) is 10.8. The molecule has 3 aromatic carbocycles. The van der Waals surface area contributed by atoms with Crippen LogP contribution in [-0.4, -0.2) is 26.3 Å². The SMILES string of the molecule is FC(F)(F)C(c1ccc2oc(C3=CC=CI=C3)nc2c1)(c1ccc2oc(-c3ccccc3)nc2c1)C(F)(F)F. The topological polar surface area (TPSA) is 52.1 Å². The molecule has 6 rings (SSSR count). The van der Waals surface area contributed by atoms with Gasteiger partial charge in [0.25, 0.3) is 0 Å². The molecule has 39 heavy (non-hydrogen) atoms. The van der Waals surface area contributed by atoms with Crippen molar-refractivity contribution in [3.8, 4) is 11.5 Å². The molecule has 0 aliphatic carbocycles. The number of allylic oxidation sites excluding steroid dienone is 3. The molecule has 198 valence electrons. The lowest BCUT2D eigenvalue weighted by molar-refractivity contribution is -0.288. The van der Waals surface area contributed by atoms with Gasteiger partial charge in [-0.1, -0.05) is 57.1 Å². The van der Waals surface area contributed by atoms with Gasteiger partial charge in [0.1, 0.15) is 11.0 Å². The van der Waals surface area contributed by atoms with Crippen LogP contribution in [0.5, 0.6) is 0 Å². The largest absolute Gasteiger partial charge is 0.436 e. The van der Waals surface area contributed by atoms with Crippen molar-refractivity contribution in [1.82, 2.24) is 9.97 Å². The van der Waals surface area contributed by atoms with Gasteiger partial charge in [0.15, 0.2) is 11.2 Å². The summed E-state index contributed by atoms with van der Waals surface area (Å²) in [6, 6.07) is 13.8. The zero-order chi connectivity index (χ0) is 27.4. The van der Waals surface area contributed by atoms with Crippen LogP contribution >= 0.6 is 20.7 Å². The van der Waals surface area contributed by atoms with E-state index in [1.807, 2.05) is 14.2 Å². The molecule has 0 fully saturated rings. The minimum absolute atomic E-state index is 0.0568. The highest BCUT2D eigenvalue weighted by Gasteiger charge is 2.72. The quantitative estimate of drug-likeness (QED) is 0.144. The van der Waals surface area contributed by atoms with Gasteiger partial charge in [0.05, 0.1) is 0 Å². The number of hydrogen-bond acceptors (Lipinski definition) is 4. The van der Waals surface area contributed by atoms with Crippen molar-refractivity contribution in [2.45, 2.75) is 17.8 Å². The minimum atomic E-state index is -5.76. The molecule has 0 amide bonds. The van der Waals surface area contributed by atoms with Crippen LogP contribution in [-0.2, 0) is 5.41 Å². The van der Waals surface area contributed by atoms with Gasteiger partial charge in [-0.05, 0) is 61.7 Å². The van der Waals surface area contributed by atoms with Crippen molar-refractivity contribution >= 4 is 52.5 Å². The molecule has 0 saturated heterocycles. The summed E-state index contributed by atoms with van der Waals surface area (Å²) in [6.07, 6.45) is -7.99. The Balaban J connectivity index is 1.55. The third kappa shape index (κ3) is 4.19. The second kappa shape index (κ2) is 9.18. The number of fused-ring (bicyclic) bond motifs is 2. The molecule has 1 aliphatic heterocycles. The molecular weight excluding hydrogens is 637 g/mol. The van der Waals surface area contributed by atoms with Gasteiger partial charge < -0.3 is 8.83 Å². The summed E-state index contributed by atoms with van der Waals surface area (Å²) in [5.41, 5.74) is -5.39. The number of alkyl halides is 6. The molecule has 5 aromatic rings. The van der Waals surface area contributed by atoms with Crippen LogP contribution < -0.4 is 0 Å². The highest BCUT2D eigenvalue weighted by Crippen LogP contribution is 2.56. The van der Waals surface area contributed by atoms with Crippen molar-refractivity contribution in [1.29, 1.82) is 0 Å². The van der Waals surface area contributed by atoms with Crippen LogP contribution in [0, 0.1) is 0 Å². The maximum atomic E-state index is 14.8. The Morgan fingerprint density at radius 2 is 1.23 bits per heavy atom. The molecule has 0 N–H and O–H groups in total. The van der Waals surface area contributed by atoms with E-state index in [2.05, 4.69) is 9.97 Å². The molecule has 2 aromatic heterocycles. The number of halogens is 7. The van der Waals surface area contributed by atoms with Crippen molar-refractivity contribution in [3.05, 3.63) is 100.0 Å². The Morgan fingerprint density at radius 1 is 0.667 bits per heavy atom. The van der Waals surface area contributed by atoms with Crippen molar-refractivity contribution < 1.29 is 35.2 Å². The van der Waals surface area contributed by atoms with Gasteiger partial charge in [-0.15, -0.1) is 0 Å². The first-order valence-corrected chi connectivity index (χ1v) is 13.9. The van der Waals surface area contributed by atoms with Crippen LogP contribution in [0.15, 0.2) is 91.8 Å². The summed E-state index contributed by atoms with van der Waals surface area (Å²) in [4.78, 5) is 8.39. The zero-order valence-electron chi connectivity index (χ0n) is 19.5. The van der Waals surface area contributed by atoms with Crippen LogP contribution in [0.25, 0.3) is 39.2 Å². The van der Waals surface area contributed by atoms with Crippen molar-refractivity contribution in [2.75, 3.05) is 0 Å².